The van der Waals surface area contributed by atoms with Gasteiger partial charge in [-0.25, -0.2) is 5.01 Å². The summed E-state index contributed by atoms with van der Waals surface area (Å²) in [7, 11) is 0. The highest BCUT2D eigenvalue weighted by Gasteiger charge is 2.09. The van der Waals surface area contributed by atoms with E-state index in [0.29, 0.717) is 0 Å². The van der Waals surface area contributed by atoms with Crippen LogP contribution in [0.15, 0.2) is 0 Å². The third-order valence-corrected chi connectivity index (χ3v) is 1.20. The van der Waals surface area contributed by atoms with Gasteiger partial charge in [0.1, 0.15) is 0 Å². The molecule has 0 bridgehead atoms. The normalized spacial score (nSPS) is 20.6. The quantitative estimate of drug-likeness (QED) is 0.517. The first-order chi connectivity index (χ1) is 3.43. The zero-order valence-electron chi connectivity index (χ0n) is 4.05. The lowest BCUT2D eigenvalue weighted by Gasteiger charge is -2.29. The van der Waals surface area contributed by atoms with Crippen molar-refractivity contribution in [2.24, 2.45) is 0 Å². The SMILES string of the molecule is S=CNN1CCC1. The van der Waals surface area contributed by atoms with E-state index in [-0.39, 0.29) is 0 Å². The van der Waals surface area contributed by atoms with Crippen molar-refractivity contribution in [1.29, 1.82) is 0 Å². The van der Waals surface area contributed by atoms with E-state index in [0.717, 1.165) is 13.1 Å². The summed E-state index contributed by atoms with van der Waals surface area (Å²) >= 11 is 4.55. The molecule has 40 valence electrons. The second kappa shape index (κ2) is 2.23. The van der Waals surface area contributed by atoms with Gasteiger partial charge in [0.15, 0.2) is 0 Å². The molecule has 1 N–H and O–H groups in total. The van der Waals surface area contributed by atoms with Crippen molar-refractivity contribution in [2.75, 3.05) is 13.1 Å². The van der Waals surface area contributed by atoms with Crippen LogP contribution in [0.2, 0.25) is 0 Å². The average Bonchev–Trinajstić information content (AvgIpc) is 1.55. The molecule has 1 fully saturated rings. The van der Waals surface area contributed by atoms with Crippen LogP contribution in [-0.2, 0) is 0 Å². The van der Waals surface area contributed by atoms with Gasteiger partial charge < -0.3 is 5.43 Å². The number of rotatable bonds is 2. The molecule has 2 nitrogen and oxygen atoms in total. The van der Waals surface area contributed by atoms with E-state index < -0.39 is 0 Å². The fourth-order valence-electron chi connectivity index (χ4n) is 0.520. The highest BCUT2D eigenvalue weighted by Crippen LogP contribution is 1.98. The van der Waals surface area contributed by atoms with Gasteiger partial charge in [0.25, 0.3) is 0 Å². The molecule has 0 saturated carbocycles. The molecule has 3 heteroatoms. The topological polar surface area (TPSA) is 15.3 Å². The molecule has 0 aromatic rings. The Labute approximate surface area is 48.5 Å². The molecule has 1 rings (SSSR count). The predicted molar refractivity (Wildman–Crippen MR) is 33.0 cm³/mol. The van der Waals surface area contributed by atoms with E-state index in [1.54, 1.807) is 5.49 Å². The van der Waals surface area contributed by atoms with Crippen LogP contribution in [-0.4, -0.2) is 23.6 Å². The van der Waals surface area contributed by atoms with Crippen LogP contribution in [0.5, 0.6) is 0 Å². The summed E-state index contributed by atoms with van der Waals surface area (Å²) in [5, 5.41) is 2.08. The van der Waals surface area contributed by atoms with Crippen LogP contribution in [0.1, 0.15) is 6.42 Å². The minimum absolute atomic E-state index is 1.15. The molecule has 0 aromatic heterocycles. The van der Waals surface area contributed by atoms with E-state index in [1.807, 2.05) is 0 Å². The molecule has 1 aliphatic heterocycles. The molecular formula is C4H8N2S. The molecular weight excluding hydrogens is 108 g/mol. The maximum absolute atomic E-state index is 4.55. The Bertz CT molecular complexity index is 70.1. The van der Waals surface area contributed by atoms with Gasteiger partial charge in [-0.05, 0) is 6.42 Å². The fraction of sp³-hybridized carbons (Fsp3) is 0.750. The lowest BCUT2D eigenvalue weighted by molar-refractivity contribution is 0.150. The molecule has 7 heavy (non-hydrogen) atoms. The van der Waals surface area contributed by atoms with Crippen molar-refractivity contribution in [1.82, 2.24) is 10.4 Å². The van der Waals surface area contributed by atoms with E-state index in [9.17, 15) is 0 Å². The minimum Gasteiger partial charge on any atom is -0.315 e. The van der Waals surface area contributed by atoms with Crippen molar-refractivity contribution in [3.8, 4) is 0 Å². The summed E-state index contributed by atoms with van der Waals surface area (Å²) in [6, 6.07) is 0. The number of nitrogens with zero attached hydrogens (tertiary/aromatic N) is 1. The van der Waals surface area contributed by atoms with Crippen LogP contribution in [0.25, 0.3) is 0 Å². The van der Waals surface area contributed by atoms with E-state index in [4.69, 9.17) is 0 Å². The van der Waals surface area contributed by atoms with Crippen LogP contribution in [0, 0.1) is 0 Å². The summed E-state index contributed by atoms with van der Waals surface area (Å²) in [4.78, 5) is 0. The largest absolute Gasteiger partial charge is 0.315 e. The van der Waals surface area contributed by atoms with Crippen molar-refractivity contribution in [2.45, 2.75) is 6.42 Å². The Morgan fingerprint density at radius 1 is 1.57 bits per heavy atom. The predicted octanol–water partition coefficient (Wildman–Crippen LogP) is 0.154. The zero-order valence-corrected chi connectivity index (χ0v) is 4.87. The second-order valence-corrected chi connectivity index (χ2v) is 1.82. The van der Waals surface area contributed by atoms with Crippen LogP contribution < -0.4 is 5.43 Å². The molecule has 0 aromatic carbocycles. The maximum Gasteiger partial charge on any atom is 0.0759 e. The Morgan fingerprint density at radius 2 is 2.29 bits per heavy atom. The summed E-state index contributed by atoms with van der Waals surface area (Å²) in [5.41, 5.74) is 4.45. The number of hydrazine groups is 1. The van der Waals surface area contributed by atoms with Gasteiger partial charge in [-0.2, -0.15) is 0 Å². The summed E-state index contributed by atoms with van der Waals surface area (Å²) in [5.74, 6) is 0. The van der Waals surface area contributed by atoms with Gasteiger partial charge in [0.2, 0.25) is 0 Å². The van der Waals surface area contributed by atoms with E-state index >= 15 is 0 Å². The van der Waals surface area contributed by atoms with Gasteiger partial charge in [0, 0.05) is 13.1 Å². The monoisotopic (exact) mass is 116 g/mol. The Morgan fingerprint density at radius 3 is 2.43 bits per heavy atom. The Kier molecular flexibility index (Phi) is 1.59. The van der Waals surface area contributed by atoms with Gasteiger partial charge in [-0.15, -0.1) is 0 Å². The number of thiocarbonyl (C=S) groups is 1. The van der Waals surface area contributed by atoms with Crippen molar-refractivity contribution in [3.63, 3.8) is 0 Å². The first-order valence-electron chi connectivity index (χ1n) is 2.38. The first-order valence-corrected chi connectivity index (χ1v) is 2.85. The van der Waals surface area contributed by atoms with Gasteiger partial charge in [0.05, 0.1) is 5.49 Å². The third kappa shape index (κ3) is 1.11. The van der Waals surface area contributed by atoms with Crippen LogP contribution in [0.3, 0.4) is 0 Å². The molecule has 0 unspecified atom stereocenters. The van der Waals surface area contributed by atoms with Crippen molar-refractivity contribution >= 4 is 17.7 Å². The Hall–Kier alpha value is -0.150. The standard InChI is InChI=1S/C4H8N2S/c7-4-5-6-2-1-3-6/h4H,1-3H2,(H,5,7). The number of hydrogen-bond acceptors (Lipinski definition) is 2. The lowest BCUT2D eigenvalue weighted by Crippen LogP contribution is -2.46. The van der Waals surface area contributed by atoms with Crippen molar-refractivity contribution < 1.29 is 0 Å². The summed E-state index contributed by atoms with van der Waals surface area (Å²) in [6.45, 7) is 2.29. The average molecular weight is 116 g/mol. The third-order valence-electron chi connectivity index (χ3n) is 1.09. The van der Waals surface area contributed by atoms with E-state index in [2.05, 4.69) is 22.7 Å². The maximum atomic E-state index is 4.55. The van der Waals surface area contributed by atoms with Gasteiger partial charge >= 0.3 is 0 Å². The fourth-order valence-corrected chi connectivity index (χ4v) is 0.669. The molecule has 0 amide bonds. The van der Waals surface area contributed by atoms with Gasteiger partial charge in [-0.3, -0.25) is 0 Å². The molecule has 0 atom stereocenters. The van der Waals surface area contributed by atoms with Crippen LogP contribution in [0.4, 0.5) is 0 Å². The second-order valence-electron chi connectivity index (χ2n) is 1.59. The smallest absolute Gasteiger partial charge is 0.0759 e. The zero-order chi connectivity index (χ0) is 5.11. The summed E-state index contributed by atoms with van der Waals surface area (Å²) < 4.78 is 0. The molecule has 1 saturated heterocycles. The van der Waals surface area contributed by atoms with E-state index in [1.165, 1.54) is 6.42 Å². The number of hydrogen-bond donors (Lipinski definition) is 1. The minimum atomic E-state index is 1.15. The summed E-state index contributed by atoms with van der Waals surface area (Å²) in [6.07, 6.45) is 1.30. The molecule has 0 spiro atoms. The first kappa shape index (κ1) is 5.00. The highest BCUT2D eigenvalue weighted by molar-refractivity contribution is 7.78. The Balaban J connectivity index is 2.03. The van der Waals surface area contributed by atoms with Crippen LogP contribution >= 0.6 is 12.2 Å². The van der Waals surface area contributed by atoms with Gasteiger partial charge in [-0.1, -0.05) is 12.2 Å². The number of nitrogens with one attached hydrogen (secondary N) is 1. The molecule has 1 aliphatic rings. The lowest BCUT2D eigenvalue weighted by atomic mass is 10.3. The molecule has 1 heterocycles. The molecule has 0 radical (unpaired) electrons. The van der Waals surface area contributed by atoms with Crippen molar-refractivity contribution in [3.05, 3.63) is 0 Å². The highest BCUT2D eigenvalue weighted by atomic mass is 32.1. The molecule has 0 aliphatic carbocycles.